The van der Waals surface area contributed by atoms with Gasteiger partial charge in [-0.2, -0.15) is 0 Å². The average Bonchev–Trinajstić information content (AvgIpc) is 2.80. The lowest BCUT2D eigenvalue weighted by molar-refractivity contribution is 0.288. The molecule has 0 aromatic heterocycles. The van der Waals surface area contributed by atoms with Crippen LogP contribution in [0, 0.1) is 19.8 Å². The molecule has 1 aromatic carbocycles. The first-order chi connectivity index (χ1) is 8.65. The van der Waals surface area contributed by atoms with Crippen LogP contribution in [0.1, 0.15) is 23.1 Å². The molecule has 0 amide bonds. The van der Waals surface area contributed by atoms with Crippen LogP contribution in [0.3, 0.4) is 0 Å². The van der Waals surface area contributed by atoms with E-state index in [1.807, 2.05) is 0 Å². The van der Waals surface area contributed by atoms with Gasteiger partial charge >= 0.3 is 0 Å². The highest BCUT2D eigenvalue weighted by Gasteiger charge is 2.16. The van der Waals surface area contributed by atoms with E-state index in [2.05, 4.69) is 49.3 Å². The maximum atomic E-state index is 3.44. The quantitative estimate of drug-likeness (QED) is 0.858. The van der Waals surface area contributed by atoms with E-state index in [0.29, 0.717) is 0 Å². The lowest BCUT2D eigenvalue weighted by atomic mass is 10.0. The molecule has 0 aliphatic carbocycles. The maximum absolute atomic E-state index is 3.44. The zero-order valence-corrected chi connectivity index (χ0v) is 12.0. The van der Waals surface area contributed by atoms with Crippen molar-refractivity contribution in [2.24, 2.45) is 5.92 Å². The summed E-state index contributed by atoms with van der Waals surface area (Å²) in [5.74, 6) is 0.856. The minimum atomic E-state index is 0.856. The van der Waals surface area contributed by atoms with Crippen LogP contribution >= 0.6 is 0 Å². The van der Waals surface area contributed by atoms with Crippen LogP contribution in [-0.4, -0.2) is 38.1 Å². The van der Waals surface area contributed by atoms with Gasteiger partial charge < -0.3 is 10.2 Å². The van der Waals surface area contributed by atoms with Crippen LogP contribution in [0.15, 0.2) is 18.2 Å². The minimum absolute atomic E-state index is 0.856. The van der Waals surface area contributed by atoms with Crippen LogP contribution in [-0.2, 0) is 6.42 Å². The molecular formula is C16H26N2. The number of hydrogen-bond donors (Lipinski definition) is 1. The van der Waals surface area contributed by atoms with Gasteiger partial charge in [0.1, 0.15) is 0 Å². The van der Waals surface area contributed by atoms with Gasteiger partial charge in [-0.15, -0.1) is 0 Å². The topological polar surface area (TPSA) is 15.3 Å². The van der Waals surface area contributed by atoms with Crippen molar-refractivity contribution in [1.29, 1.82) is 0 Å². The normalized spacial score (nSPS) is 19.7. The Morgan fingerprint density at radius 3 is 2.83 bits per heavy atom. The van der Waals surface area contributed by atoms with Crippen LogP contribution < -0.4 is 5.32 Å². The molecule has 0 saturated carbocycles. The Balaban J connectivity index is 1.79. The van der Waals surface area contributed by atoms with Gasteiger partial charge in [0.05, 0.1) is 0 Å². The molecule has 0 radical (unpaired) electrons. The van der Waals surface area contributed by atoms with Crippen LogP contribution in [0.4, 0.5) is 0 Å². The van der Waals surface area contributed by atoms with Crippen molar-refractivity contribution in [2.45, 2.75) is 26.7 Å². The fourth-order valence-electron chi connectivity index (χ4n) is 2.84. The summed E-state index contributed by atoms with van der Waals surface area (Å²) < 4.78 is 0. The Labute approximate surface area is 111 Å². The molecule has 1 saturated heterocycles. The highest BCUT2D eigenvalue weighted by atomic mass is 15.1. The van der Waals surface area contributed by atoms with Gasteiger partial charge in [0.25, 0.3) is 0 Å². The van der Waals surface area contributed by atoms with Crippen molar-refractivity contribution in [3.8, 4) is 0 Å². The lowest BCUT2D eigenvalue weighted by Gasteiger charge is -2.20. The highest BCUT2D eigenvalue weighted by molar-refractivity contribution is 5.30. The summed E-state index contributed by atoms with van der Waals surface area (Å²) in [5, 5.41) is 3.44. The number of benzene rings is 1. The summed E-state index contributed by atoms with van der Waals surface area (Å²) in [6.07, 6.45) is 2.51. The van der Waals surface area contributed by atoms with E-state index in [-0.39, 0.29) is 0 Å². The van der Waals surface area contributed by atoms with Gasteiger partial charge in [0, 0.05) is 13.1 Å². The summed E-state index contributed by atoms with van der Waals surface area (Å²) in [5.41, 5.74) is 4.30. The number of nitrogens with one attached hydrogen (secondary N) is 1. The van der Waals surface area contributed by atoms with Crippen LogP contribution in [0.25, 0.3) is 0 Å². The van der Waals surface area contributed by atoms with Gasteiger partial charge in [0.15, 0.2) is 0 Å². The van der Waals surface area contributed by atoms with Crippen LogP contribution in [0.5, 0.6) is 0 Å². The third-order valence-electron chi connectivity index (χ3n) is 3.99. The molecule has 18 heavy (non-hydrogen) atoms. The largest absolute Gasteiger partial charge is 0.316 e. The van der Waals surface area contributed by atoms with Gasteiger partial charge in [0.2, 0.25) is 0 Å². The first kappa shape index (κ1) is 13.6. The third kappa shape index (κ3) is 3.82. The van der Waals surface area contributed by atoms with Gasteiger partial charge in [-0.1, -0.05) is 23.8 Å². The van der Waals surface area contributed by atoms with E-state index in [4.69, 9.17) is 0 Å². The van der Waals surface area contributed by atoms with Gasteiger partial charge in [-0.25, -0.2) is 0 Å². The molecule has 1 aromatic rings. The van der Waals surface area contributed by atoms with E-state index in [9.17, 15) is 0 Å². The zero-order chi connectivity index (χ0) is 13.0. The third-order valence-corrected chi connectivity index (χ3v) is 3.99. The molecule has 1 N–H and O–H groups in total. The molecule has 2 heteroatoms. The molecular weight excluding hydrogens is 220 g/mol. The standard InChI is InChI=1S/C16H26N2/c1-13-4-5-16(14(2)10-13)7-9-18(3)12-15-6-8-17-11-15/h4-5,10,15,17H,6-9,11-12H2,1-3H3. The van der Waals surface area contributed by atoms with Gasteiger partial charge in [-0.05, 0) is 63.9 Å². The monoisotopic (exact) mass is 246 g/mol. The Kier molecular flexibility index (Phi) is 4.79. The van der Waals surface area contributed by atoms with Crippen molar-refractivity contribution in [3.05, 3.63) is 34.9 Å². The molecule has 1 heterocycles. The molecule has 1 atom stereocenters. The summed E-state index contributed by atoms with van der Waals surface area (Å²) in [4.78, 5) is 2.48. The lowest BCUT2D eigenvalue weighted by Crippen LogP contribution is -2.28. The zero-order valence-electron chi connectivity index (χ0n) is 12.0. The first-order valence-corrected chi connectivity index (χ1v) is 7.10. The van der Waals surface area contributed by atoms with Crippen molar-refractivity contribution < 1.29 is 0 Å². The highest BCUT2D eigenvalue weighted by Crippen LogP contribution is 2.13. The molecule has 1 fully saturated rings. The molecule has 2 rings (SSSR count). The first-order valence-electron chi connectivity index (χ1n) is 7.10. The van der Waals surface area contributed by atoms with E-state index in [0.717, 1.165) is 5.92 Å². The molecule has 0 spiro atoms. The van der Waals surface area contributed by atoms with Crippen molar-refractivity contribution in [3.63, 3.8) is 0 Å². The molecule has 2 nitrogen and oxygen atoms in total. The predicted molar refractivity (Wildman–Crippen MR) is 78.1 cm³/mol. The molecule has 1 unspecified atom stereocenters. The fraction of sp³-hybridized carbons (Fsp3) is 0.625. The van der Waals surface area contributed by atoms with E-state index >= 15 is 0 Å². The maximum Gasteiger partial charge on any atom is 0.00193 e. The molecule has 1 aliphatic heterocycles. The Bertz CT molecular complexity index is 381. The minimum Gasteiger partial charge on any atom is -0.316 e. The molecule has 1 aliphatic rings. The SMILES string of the molecule is Cc1ccc(CCN(C)CC2CCNC2)c(C)c1. The molecule has 100 valence electrons. The number of aryl methyl sites for hydroxylation is 2. The number of likely N-dealkylation sites (N-methyl/N-ethyl adjacent to an activating group) is 1. The second-order valence-corrected chi connectivity index (χ2v) is 5.80. The fourth-order valence-corrected chi connectivity index (χ4v) is 2.84. The second-order valence-electron chi connectivity index (χ2n) is 5.80. The van der Waals surface area contributed by atoms with Crippen molar-refractivity contribution in [1.82, 2.24) is 10.2 Å². The summed E-state index contributed by atoms with van der Waals surface area (Å²) in [6.45, 7) is 9.20. The smallest absolute Gasteiger partial charge is 0.00193 e. The Hall–Kier alpha value is -0.860. The average molecular weight is 246 g/mol. The summed E-state index contributed by atoms with van der Waals surface area (Å²) in [6, 6.07) is 6.80. The summed E-state index contributed by atoms with van der Waals surface area (Å²) >= 11 is 0. The Morgan fingerprint density at radius 2 is 2.17 bits per heavy atom. The van der Waals surface area contributed by atoms with Crippen molar-refractivity contribution >= 4 is 0 Å². The van der Waals surface area contributed by atoms with E-state index in [1.165, 1.54) is 55.7 Å². The number of hydrogen-bond acceptors (Lipinski definition) is 2. The number of rotatable bonds is 5. The Morgan fingerprint density at radius 1 is 1.33 bits per heavy atom. The summed E-state index contributed by atoms with van der Waals surface area (Å²) in [7, 11) is 2.25. The van der Waals surface area contributed by atoms with Crippen LogP contribution in [0.2, 0.25) is 0 Å². The predicted octanol–water partition coefficient (Wildman–Crippen LogP) is 2.39. The van der Waals surface area contributed by atoms with E-state index < -0.39 is 0 Å². The van der Waals surface area contributed by atoms with Crippen molar-refractivity contribution in [2.75, 3.05) is 33.2 Å². The van der Waals surface area contributed by atoms with Gasteiger partial charge in [-0.3, -0.25) is 0 Å². The van der Waals surface area contributed by atoms with E-state index in [1.54, 1.807) is 0 Å². The number of nitrogens with zero attached hydrogens (tertiary/aromatic N) is 1. The second kappa shape index (κ2) is 6.35. The molecule has 0 bridgehead atoms.